The summed E-state index contributed by atoms with van der Waals surface area (Å²) in [5, 5.41) is 16.6. The monoisotopic (exact) mass is 201 g/mol. The molecule has 0 saturated carbocycles. The first-order valence-electron chi connectivity index (χ1n) is 4.62. The second kappa shape index (κ2) is 5.56. The normalized spacial score (nSPS) is 21.5. The zero-order valence-corrected chi connectivity index (χ0v) is 7.88. The van der Waals surface area contributed by atoms with E-state index in [1.807, 2.05) is 0 Å². The molecule has 0 spiro atoms. The molecule has 0 aliphatic carbocycles. The second-order valence-corrected chi connectivity index (χ2v) is 3.11. The molecule has 1 aliphatic heterocycles. The van der Waals surface area contributed by atoms with Crippen LogP contribution in [0, 0.1) is 0 Å². The number of aliphatic hydroxyl groups excluding tert-OH is 1. The molecule has 2 amide bonds. The van der Waals surface area contributed by atoms with Crippen LogP contribution in [-0.4, -0.2) is 49.2 Å². The van der Waals surface area contributed by atoms with E-state index >= 15 is 0 Å². The molecular weight excluding hydrogens is 186 g/mol. The molecule has 0 aromatic carbocycles. The number of hydrogen-bond donors (Lipinski definition) is 4. The van der Waals surface area contributed by atoms with Crippen LogP contribution >= 0.6 is 0 Å². The van der Waals surface area contributed by atoms with Gasteiger partial charge in [-0.2, -0.15) is 0 Å². The van der Waals surface area contributed by atoms with Crippen molar-refractivity contribution in [1.82, 2.24) is 16.0 Å². The largest absolute Gasteiger partial charge is 0.396 e. The third-order valence-electron chi connectivity index (χ3n) is 1.96. The molecule has 6 nitrogen and oxygen atoms in total. The lowest BCUT2D eigenvalue weighted by Crippen LogP contribution is -2.58. The highest BCUT2D eigenvalue weighted by Crippen LogP contribution is 1.88. The van der Waals surface area contributed by atoms with Crippen molar-refractivity contribution < 1.29 is 14.7 Å². The van der Waals surface area contributed by atoms with Gasteiger partial charge in [-0.05, 0) is 6.42 Å². The Morgan fingerprint density at radius 2 is 2.43 bits per heavy atom. The summed E-state index contributed by atoms with van der Waals surface area (Å²) in [6.07, 6.45) is 0.546. The van der Waals surface area contributed by atoms with Gasteiger partial charge in [0.05, 0.1) is 6.54 Å². The van der Waals surface area contributed by atoms with E-state index in [1.54, 1.807) is 0 Å². The minimum absolute atomic E-state index is 0.0646. The number of piperazine rings is 1. The van der Waals surface area contributed by atoms with E-state index in [2.05, 4.69) is 16.0 Å². The Morgan fingerprint density at radius 3 is 3.00 bits per heavy atom. The van der Waals surface area contributed by atoms with Crippen molar-refractivity contribution in [3.8, 4) is 0 Å². The third-order valence-corrected chi connectivity index (χ3v) is 1.96. The van der Waals surface area contributed by atoms with Gasteiger partial charge in [-0.25, -0.2) is 0 Å². The Bertz CT molecular complexity index is 210. The fourth-order valence-electron chi connectivity index (χ4n) is 1.17. The fourth-order valence-corrected chi connectivity index (χ4v) is 1.17. The fraction of sp³-hybridized carbons (Fsp3) is 0.750. The SMILES string of the molecule is O=C1CNC(C(=O)NCCCO)CN1. The average molecular weight is 201 g/mol. The quantitative estimate of drug-likeness (QED) is 0.381. The van der Waals surface area contributed by atoms with Gasteiger partial charge in [0.25, 0.3) is 0 Å². The van der Waals surface area contributed by atoms with E-state index in [9.17, 15) is 9.59 Å². The summed E-state index contributed by atoms with van der Waals surface area (Å²) in [5.74, 6) is -0.233. The molecule has 1 heterocycles. The van der Waals surface area contributed by atoms with Gasteiger partial charge in [0.15, 0.2) is 0 Å². The van der Waals surface area contributed by atoms with Crippen LogP contribution in [0.3, 0.4) is 0 Å². The number of hydrogen-bond acceptors (Lipinski definition) is 4. The van der Waals surface area contributed by atoms with Gasteiger partial charge in [0.1, 0.15) is 6.04 Å². The molecule has 6 heteroatoms. The first kappa shape index (κ1) is 10.9. The minimum Gasteiger partial charge on any atom is -0.396 e. The van der Waals surface area contributed by atoms with Crippen molar-refractivity contribution in [3.05, 3.63) is 0 Å². The van der Waals surface area contributed by atoms with Gasteiger partial charge in [-0.1, -0.05) is 0 Å². The van der Waals surface area contributed by atoms with Crippen LogP contribution in [0.25, 0.3) is 0 Å². The molecule has 0 bridgehead atoms. The Labute approximate surface area is 82.1 Å². The van der Waals surface area contributed by atoms with Crippen LogP contribution in [-0.2, 0) is 9.59 Å². The number of rotatable bonds is 4. The van der Waals surface area contributed by atoms with Gasteiger partial charge >= 0.3 is 0 Å². The minimum atomic E-state index is -0.355. The van der Waals surface area contributed by atoms with Gasteiger partial charge in [-0.3, -0.25) is 14.9 Å². The van der Waals surface area contributed by atoms with Crippen LogP contribution in [0.4, 0.5) is 0 Å². The Balaban J connectivity index is 2.20. The average Bonchev–Trinajstić information content (AvgIpc) is 2.19. The van der Waals surface area contributed by atoms with E-state index in [4.69, 9.17) is 5.11 Å². The number of carbonyl (C=O) groups is 2. The molecule has 1 fully saturated rings. The predicted octanol–water partition coefficient (Wildman–Crippen LogP) is -2.43. The van der Waals surface area contributed by atoms with Crippen molar-refractivity contribution in [2.75, 3.05) is 26.2 Å². The van der Waals surface area contributed by atoms with E-state index in [-0.39, 0.29) is 31.0 Å². The maximum Gasteiger partial charge on any atom is 0.238 e. The molecule has 1 unspecified atom stereocenters. The first-order chi connectivity index (χ1) is 6.74. The summed E-state index contributed by atoms with van der Waals surface area (Å²) in [7, 11) is 0. The van der Waals surface area contributed by atoms with Crippen LogP contribution in [0.5, 0.6) is 0 Å². The van der Waals surface area contributed by atoms with E-state index in [0.717, 1.165) is 0 Å². The summed E-state index contributed by atoms with van der Waals surface area (Å²) >= 11 is 0. The molecule has 0 radical (unpaired) electrons. The van der Waals surface area contributed by atoms with E-state index < -0.39 is 0 Å². The topological polar surface area (TPSA) is 90.5 Å². The molecule has 80 valence electrons. The Morgan fingerprint density at radius 1 is 1.64 bits per heavy atom. The molecule has 0 aromatic rings. The van der Waals surface area contributed by atoms with Crippen molar-refractivity contribution in [3.63, 3.8) is 0 Å². The lowest BCUT2D eigenvalue weighted by Gasteiger charge is -2.22. The molecule has 14 heavy (non-hydrogen) atoms. The highest BCUT2D eigenvalue weighted by Gasteiger charge is 2.22. The second-order valence-electron chi connectivity index (χ2n) is 3.11. The summed E-state index contributed by atoms with van der Waals surface area (Å²) in [6, 6.07) is -0.355. The van der Waals surface area contributed by atoms with Crippen molar-refractivity contribution in [1.29, 1.82) is 0 Å². The number of carbonyl (C=O) groups excluding carboxylic acids is 2. The molecular formula is C8H15N3O3. The molecule has 0 aromatic heterocycles. The molecule has 1 saturated heterocycles. The standard InChI is InChI=1S/C8H15N3O3/c12-3-1-2-9-8(14)6-4-11-7(13)5-10-6/h6,10,12H,1-5H2,(H,9,14)(H,11,13). The first-order valence-corrected chi connectivity index (χ1v) is 4.62. The molecule has 1 aliphatic rings. The van der Waals surface area contributed by atoms with Crippen LogP contribution in [0.2, 0.25) is 0 Å². The number of aliphatic hydroxyl groups is 1. The lowest BCUT2D eigenvalue weighted by atomic mass is 10.2. The van der Waals surface area contributed by atoms with Crippen molar-refractivity contribution in [2.45, 2.75) is 12.5 Å². The van der Waals surface area contributed by atoms with Crippen LogP contribution in [0.15, 0.2) is 0 Å². The smallest absolute Gasteiger partial charge is 0.238 e. The van der Waals surface area contributed by atoms with Crippen LogP contribution < -0.4 is 16.0 Å². The molecule has 4 N–H and O–H groups in total. The van der Waals surface area contributed by atoms with Gasteiger partial charge < -0.3 is 15.7 Å². The van der Waals surface area contributed by atoms with Gasteiger partial charge in [0.2, 0.25) is 11.8 Å². The zero-order valence-electron chi connectivity index (χ0n) is 7.88. The summed E-state index contributed by atoms with van der Waals surface area (Å²) in [4.78, 5) is 22.1. The van der Waals surface area contributed by atoms with Crippen molar-refractivity contribution >= 4 is 11.8 Å². The van der Waals surface area contributed by atoms with Crippen molar-refractivity contribution in [2.24, 2.45) is 0 Å². The lowest BCUT2D eigenvalue weighted by molar-refractivity contribution is -0.126. The highest BCUT2D eigenvalue weighted by molar-refractivity contribution is 5.86. The third kappa shape index (κ3) is 3.31. The van der Waals surface area contributed by atoms with E-state index in [0.29, 0.717) is 19.5 Å². The maximum absolute atomic E-state index is 11.4. The zero-order chi connectivity index (χ0) is 10.4. The number of nitrogens with one attached hydrogen (secondary N) is 3. The molecule has 1 rings (SSSR count). The van der Waals surface area contributed by atoms with Crippen LogP contribution in [0.1, 0.15) is 6.42 Å². The Kier molecular flexibility index (Phi) is 4.34. The van der Waals surface area contributed by atoms with Gasteiger partial charge in [0, 0.05) is 19.7 Å². The summed E-state index contributed by atoms with van der Waals surface area (Å²) in [5.41, 5.74) is 0. The Hall–Kier alpha value is -1.14. The van der Waals surface area contributed by atoms with E-state index in [1.165, 1.54) is 0 Å². The predicted molar refractivity (Wildman–Crippen MR) is 49.5 cm³/mol. The molecule has 1 atom stereocenters. The maximum atomic E-state index is 11.4. The number of amides is 2. The summed E-state index contributed by atoms with van der Waals surface area (Å²) in [6.45, 7) is 1.03. The highest BCUT2D eigenvalue weighted by atomic mass is 16.3. The summed E-state index contributed by atoms with van der Waals surface area (Å²) < 4.78 is 0. The van der Waals surface area contributed by atoms with Gasteiger partial charge in [-0.15, -0.1) is 0 Å².